The summed E-state index contributed by atoms with van der Waals surface area (Å²) in [5.74, 6) is 0.947. The second-order valence-electron chi connectivity index (χ2n) is 4.15. The topological polar surface area (TPSA) is 75.6 Å². The number of aliphatic carboxylic acids is 1. The fourth-order valence-electron chi connectivity index (χ4n) is 1.54. The summed E-state index contributed by atoms with van der Waals surface area (Å²) < 4.78 is 5.52. The molecule has 0 spiro atoms. The van der Waals surface area contributed by atoms with E-state index in [9.17, 15) is 9.59 Å². The molecule has 1 aromatic carbocycles. The maximum Gasteiger partial charge on any atom is 0.326 e. The smallest absolute Gasteiger partial charge is 0.326 e. The zero-order chi connectivity index (χ0) is 14.8. The maximum absolute atomic E-state index is 10.9. The van der Waals surface area contributed by atoms with Crippen LogP contribution < -0.4 is 10.1 Å². The molecule has 0 radical (unpaired) electrons. The summed E-state index contributed by atoms with van der Waals surface area (Å²) in [6.45, 7) is 1.89. The average molecular weight is 297 g/mol. The van der Waals surface area contributed by atoms with Gasteiger partial charge >= 0.3 is 5.97 Å². The number of carbonyl (C=O) groups excluding carboxylic acids is 1. The van der Waals surface area contributed by atoms with Crippen molar-refractivity contribution in [3.63, 3.8) is 0 Å². The molecule has 0 heterocycles. The van der Waals surface area contributed by atoms with Gasteiger partial charge in [-0.2, -0.15) is 11.8 Å². The third kappa shape index (κ3) is 7.04. The minimum Gasteiger partial charge on any atom is -0.493 e. The Morgan fingerprint density at radius 1 is 1.30 bits per heavy atom. The van der Waals surface area contributed by atoms with E-state index >= 15 is 0 Å². The second kappa shape index (κ2) is 9.25. The van der Waals surface area contributed by atoms with Gasteiger partial charge in [0.25, 0.3) is 0 Å². The highest BCUT2D eigenvalue weighted by atomic mass is 32.2. The molecule has 1 unspecified atom stereocenters. The molecular formula is C14H19NO4S. The van der Waals surface area contributed by atoms with Crippen molar-refractivity contribution in [1.29, 1.82) is 0 Å². The molecule has 6 heteroatoms. The van der Waals surface area contributed by atoms with Crippen LogP contribution in [0.15, 0.2) is 30.3 Å². The molecule has 1 aromatic rings. The number of carboxylic acid groups (broad SMARTS) is 1. The summed E-state index contributed by atoms with van der Waals surface area (Å²) in [4.78, 5) is 21.7. The molecule has 0 saturated carbocycles. The van der Waals surface area contributed by atoms with Gasteiger partial charge in [-0.15, -0.1) is 0 Å². The van der Waals surface area contributed by atoms with E-state index in [1.807, 2.05) is 30.3 Å². The van der Waals surface area contributed by atoms with Crippen molar-refractivity contribution < 1.29 is 19.4 Å². The summed E-state index contributed by atoms with van der Waals surface area (Å²) in [6.07, 6.45) is 0.408. The molecule has 0 bridgehead atoms. The molecule has 0 aliphatic rings. The van der Waals surface area contributed by atoms with Crippen molar-refractivity contribution in [3.05, 3.63) is 30.3 Å². The number of hydrogen-bond donors (Lipinski definition) is 2. The Bertz CT molecular complexity index is 424. The lowest BCUT2D eigenvalue weighted by molar-refractivity contribution is -0.141. The van der Waals surface area contributed by atoms with Gasteiger partial charge in [0.2, 0.25) is 5.91 Å². The van der Waals surface area contributed by atoms with Crippen LogP contribution in [0.5, 0.6) is 5.75 Å². The summed E-state index contributed by atoms with van der Waals surface area (Å²) in [6, 6.07) is 8.72. The highest BCUT2D eigenvalue weighted by Gasteiger charge is 2.17. The number of amides is 1. The first-order valence-electron chi connectivity index (χ1n) is 6.35. The van der Waals surface area contributed by atoms with Gasteiger partial charge in [0.1, 0.15) is 11.8 Å². The number of para-hydroxylation sites is 1. The Kier molecular flexibility index (Phi) is 7.57. The number of rotatable bonds is 9. The highest BCUT2D eigenvalue weighted by molar-refractivity contribution is 7.99. The van der Waals surface area contributed by atoms with E-state index in [0.717, 1.165) is 11.5 Å². The third-order valence-corrected chi connectivity index (χ3v) is 3.45. The van der Waals surface area contributed by atoms with Crippen LogP contribution in [-0.2, 0) is 9.59 Å². The summed E-state index contributed by atoms with van der Waals surface area (Å²) >= 11 is 1.61. The van der Waals surface area contributed by atoms with Gasteiger partial charge < -0.3 is 15.2 Å². The van der Waals surface area contributed by atoms with Crippen LogP contribution in [0.1, 0.15) is 13.3 Å². The number of benzene rings is 1. The van der Waals surface area contributed by atoms with Gasteiger partial charge in [0, 0.05) is 12.7 Å². The Morgan fingerprint density at radius 2 is 2.00 bits per heavy atom. The average Bonchev–Trinajstić information content (AvgIpc) is 2.41. The Hall–Kier alpha value is -1.69. The van der Waals surface area contributed by atoms with Gasteiger partial charge in [-0.1, -0.05) is 18.2 Å². The number of carboxylic acids is 1. The van der Waals surface area contributed by atoms with Gasteiger partial charge in [-0.3, -0.25) is 4.79 Å². The Morgan fingerprint density at radius 3 is 2.60 bits per heavy atom. The van der Waals surface area contributed by atoms with Crippen molar-refractivity contribution in [2.24, 2.45) is 0 Å². The third-order valence-electron chi connectivity index (χ3n) is 2.47. The normalized spacial score (nSPS) is 11.7. The van der Waals surface area contributed by atoms with Crippen molar-refractivity contribution in [2.45, 2.75) is 19.4 Å². The number of ether oxygens (including phenoxy) is 1. The SMILES string of the molecule is CC(=O)NC(CCSCCOc1ccccc1)C(=O)O. The molecule has 0 aromatic heterocycles. The molecule has 1 rings (SSSR count). The molecule has 20 heavy (non-hydrogen) atoms. The number of carbonyl (C=O) groups is 2. The fourth-order valence-corrected chi connectivity index (χ4v) is 2.35. The molecule has 0 aliphatic carbocycles. The molecular weight excluding hydrogens is 278 g/mol. The van der Waals surface area contributed by atoms with Crippen molar-refractivity contribution in [2.75, 3.05) is 18.1 Å². The molecule has 5 nitrogen and oxygen atoms in total. The molecule has 110 valence electrons. The first-order chi connectivity index (χ1) is 9.59. The summed E-state index contributed by atoms with van der Waals surface area (Å²) in [5, 5.41) is 11.3. The van der Waals surface area contributed by atoms with Crippen LogP contribution in [0.3, 0.4) is 0 Å². The number of nitrogens with one attached hydrogen (secondary N) is 1. The van der Waals surface area contributed by atoms with Crippen LogP contribution in [-0.4, -0.2) is 41.1 Å². The lowest BCUT2D eigenvalue weighted by Gasteiger charge is -2.12. The lowest BCUT2D eigenvalue weighted by atomic mass is 10.2. The van der Waals surface area contributed by atoms with E-state index in [1.165, 1.54) is 6.92 Å². The van der Waals surface area contributed by atoms with Gasteiger partial charge in [-0.05, 0) is 24.3 Å². The monoisotopic (exact) mass is 297 g/mol. The molecule has 1 atom stereocenters. The zero-order valence-corrected chi connectivity index (χ0v) is 12.2. The van der Waals surface area contributed by atoms with Crippen molar-refractivity contribution in [3.8, 4) is 5.75 Å². The lowest BCUT2D eigenvalue weighted by Crippen LogP contribution is -2.39. The van der Waals surface area contributed by atoms with E-state index < -0.39 is 12.0 Å². The Labute approximate surface area is 122 Å². The molecule has 1 amide bonds. The predicted octanol–water partition coefficient (Wildman–Crippen LogP) is 1.78. The van der Waals surface area contributed by atoms with Crippen LogP contribution in [0.25, 0.3) is 0 Å². The quantitative estimate of drug-likeness (QED) is 0.680. The van der Waals surface area contributed by atoms with Crippen LogP contribution in [0.4, 0.5) is 0 Å². The first-order valence-corrected chi connectivity index (χ1v) is 7.50. The van der Waals surface area contributed by atoms with E-state index in [1.54, 1.807) is 11.8 Å². The van der Waals surface area contributed by atoms with Crippen molar-refractivity contribution >= 4 is 23.6 Å². The van der Waals surface area contributed by atoms with Gasteiger partial charge in [0.15, 0.2) is 0 Å². The summed E-state index contributed by atoms with van der Waals surface area (Å²) in [7, 11) is 0. The van der Waals surface area contributed by atoms with Crippen LogP contribution >= 0.6 is 11.8 Å². The summed E-state index contributed by atoms with van der Waals surface area (Å²) in [5.41, 5.74) is 0. The Balaban J connectivity index is 2.11. The van der Waals surface area contributed by atoms with Gasteiger partial charge in [-0.25, -0.2) is 4.79 Å². The van der Waals surface area contributed by atoms with E-state index in [0.29, 0.717) is 18.8 Å². The van der Waals surface area contributed by atoms with Crippen LogP contribution in [0, 0.1) is 0 Å². The van der Waals surface area contributed by atoms with Crippen LogP contribution in [0.2, 0.25) is 0 Å². The first kappa shape index (κ1) is 16.4. The molecule has 0 saturated heterocycles. The maximum atomic E-state index is 10.9. The van der Waals surface area contributed by atoms with E-state index in [2.05, 4.69) is 5.32 Å². The molecule has 0 aliphatic heterocycles. The molecule has 0 fully saturated rings. The standard InChI is InChI=1S/C14H19NO4S/c1-11(16)15-13(14(17)18)7-9-20-10-8-19-12-5-3-2-4-6-12/h2-6,13H,7-10H2,1H3,(H,15,16)(H,17,18). The molecule has 2 N–H and O–H groups in total. The zero-order valence-electron chi connectivity index (χ0n) is 11.4. The highest BCUT2D eigenvalue weighted by Crippen LogP contribution is 2.10. The number of thioether (sulfide) groups is 1. The second-order valence-corrected chi connectivity index (χ2v) is 5.38. The van der Waals surface area contributed by atoms with Crippen molar-refractivity contribution in [1.82, 2.24) is 5.32 Å². The predicted molar refractivity (Wildman–Crippen MR) is 79.1 cm³/mol. The van der Waals surface area contributed by atoms with E-state index in [-0.39, 0.29) is 5.91 Å². The minimum atomic E-state index is -0.999. The number of hydrogen-bond acceptors (Lipinski definition) is 4. The minimum absolute atomic E-state index is 0.324. The fraction of sp³-hybridized carbons (Fsp3) is 0.429. The largest absolute Gasteiger partial charge is 0.493 e. The van der Waals surface area contributed by atoms with Gasteiger partial charge in [0.05, 0.1) is 6.61 Å². The van der Waals surface area contributed by atoms with E-state index in [4.69, 9.17) is 9.84 Å².